The highest BCUT2D eigenvalue weighted by atomic mass is 35.5. The Morgan fingerprint density at radius 3 is 2.50 bits per heavy atom. The summed E-state index contributed by atoms with van der Waals surface area (Å²) in [6.45, 7) is 5.13. The molecule has 9 heteroatoms. The third-order valence-electron chi connectivity index (χ3n) is 5.65. The summed E-state index contributed by atoms with van der Waals surface area (Å²) in [4.78, 5) is 14.6. The minimum atomic E-state index is -3.87. The van der Waals surface area contributed by atoms with Gasteiger partial charge in [-0.25, -0.2) is 8.42 Å². The van der Waals surface area contributed by atoms with Gasteiger partial charge < -0.3 is 15.0 Å². The summed E-state index contributed by atoms with van der Waals surface area (Å²) in [5.41, 5.74) is 1.04. The quantitative estimate of drug-likeness (QED) is 0.598. The van der Waals surface area contributed by atoms with Gasteiger partial charge in [-0.05, 0) is 29.7 Å². The van der Waals surface area contributed by atoms with Crippen molar-refractivity contribution in [3.05, 3.63) is 59.1 Å². The van der Waals surface area contributed by atoms with Crippen molar-refractivity contribution in [3.63, 3.8) is 0 Å². The van der Waals surface area contributed by atoms with Crippen molar-refractivity contribution in [2.45, 2.75) is 24.2 Å². The Bertz CT molecular complexity index is 1010. The molecule has 0 radical (unpaired) electrons. The number of halogens is 1. The second-order valence-corrected chi connectivity index (χ2v) is 10.2. The van der Waals surface area contributed by atoms with E-state index in [1.807, 2.05) is 37.3 Å². The molecule has 1 N–H and O–H groups in total. The van der Waals surface area contributed by atoms with E-state index in [0.29, 0.717) is 18.8 Å². The Kier molecular flexibility index (Phi) is 8.53. The predicted octanol–water partition coefficient (Wildman–Crippen LogP) is 2.96. The number of hydrogen-bond acceptors (Lipinski definition) is 5. The number of methoxy groups -OCH3 is 1. The SMILES string of the molecule is COc1ccc(S(=O)(=O)N(CCC(=O)N2CCNCC2)C[C@@H](C)c2ccccc2)cc1Cl. The average Bonchev–Trinajstić information content (AvgIpc) is 2.82. The van der Waals surface area contributed by atoms with Crippen molar-refractivity contribution in [1.29, 1.82) is 0 Å². The molecule has 0 spiro atoms. The fourth-order valence-electron chi connectivity index (χ4n) is 3.75. The topological polar surface area (TPSA) is 79.0 Å². The van der Waals surface area contributed by atoms with E-state index in [0.717, 1.165) is 18.7 Å². The van der Waals surface area contributed by atoms with Gasteiger partial charge in [0.15, 0.2) is 0 Å². The largest absolute Gasteiger partial charge is 0.495 e. The molecule has 0 unspecified atom stereocenters. The maximum Gasteiger partial charge on any atom is 0.243 e. The monoisotopic (exact) mass is 479 g/mol. The first-order valence-corrected chi connectivity index (χ1v) is 12.5. The number of benzene rings is 2. The van der Waals surface area contributed by atoms with Crippen LogP contribution in [0.25, 0.3) is 0 Å². The fourth-order valence-corrected chi connectivity index (χ4v) is 5.63. The summed E-state index contributed by atoms with van der Waals surface area (Å²) in [5.74, 6) is 0.324. The molecule has 0 saturated carbocycles. The number of ether oxygens (including phenoxy) is 1. The molecule has 1 aliphatic rings. The van der Waals surface area contributed by atoms with Crippen molar-refractivity contribution in [3.8, 4) is 5.75 Å². The minimum Gasteiger partial charge on any atom is -0.495 e. The van der Waals surface area contributed by atoms with Crippen LogP contribution < -0.4 is 10.1 Å². The lowest BCUT2D eigenvalue weighted by molar-refractivity contribution is -0.131. The summed E-state index contributed by atoms with van der Waals surface area (Å²) in [5, 5.41) is 3.44. The van der Waals surface area contributed by atoms with E-state index in [9.17, 15) is 13.2 Å². The molecule has 7 nitrogen and oxygen atoms in total. The third-order valence-corrected chi connectivity index (χ3v) is 7.81. The van der Waals surface area contributed by atoms with E-state index < -0.39 is 10.0 Å². The molecule has 2 aromatic rings. The molecule has 1 amide bonds. The van der Waals surface area contributed by atoms with Crippen LogP contribution >= 0.6 is 11.6 Å². The number of piperazine rings is 1. The standard InChI is InChI=1S/C23H30ClN3O4S/c1-18(19-6-4-3-5-7-19)17-27(13-10-23(28)26-14-11-25-12-15-26)32(29,30)20-8-9-22(31-2)21(24)16-20/h3-9,16,18,25H,10-15,17H2,1-2H3/t18-/m1/s1. The van der Waals surface area contributed by atoms with Gasteiger partial charge in [-0.2, -0.15) is 4.31 Å². The zero-order valence-corrected chi connectivity index (χ0v) is 20.0. The minimum absolute atomic E-state index is 0.0353. The highest BCUT2D eigenvalue weighted by Crippen LogP contribution is 2.29. The molecule has 1 fully saturated rings. The second kappa shape index (κ2) is 11.1. The highest BCUT2D eigenvalue weighted by molar-refractivity contribution is 7.89. The van der Waals surface area contributed by atoms with E-state index in [4.69, 9.17) is 16.3 Å². The van der Waals surface area contributed by atoms with Gasteiger partial charge in [-0.1, -0.05) is 48.9 Å². The number of carbonyl (C=O) groups excluding carboxylic acids is 1. The fraction of sp³-hybridized carbons (Fsp3) is 0.435. The number of rotatable bonds is 9. The smallest absolute Gasteiger partial charge is 0.243 e. The van der Waals surface area contributed by atoms with Crippen LogP contribution in [-0.4, -0.2) is 69.9 Å². The van der Waals surface area contributed by atoms with Gasteiger partial charge in [0.25, 0.3) is 0 Å². The van der Waals surface area contributed by atoms with Gasteiger partial charge in [-0.15, -0.1) is 0 Å². The average molecular weight is 480 g/mol. The van der Waals surface area contributed by atoms with E-state index in [-0.39, 0.29) is 41.3 Å². The molecule has 0 aromatic heterocycles. The Balaban J connectivity index is 1.83. The van der Waals surface area contributed by atoms with Gasteiger partial charge in [0.2, 0.25) is 15.9 Å². The first-order valence-electron chi connectivity index (χ1n) is 10.7. The molecule has 1 aliphatic heterocycles. The van der Waals surface area contributed by atoms with Gasteiger partial charge in [-0.3, -0.25) is 4.79 Å². The second-order valence-electron chi connectivity index (χ2n) is 7.85. The maximum atomic E-state index is 13.5. The van der Waals surface area contributed by atoms with E-state index in [1.165, 1.54) is 23.5 Å². The Hall–Kier alpha value is -2.13. The van der Waals surface area contributed by atoms with Gasteiger partial charge in [0.05, 0.1) is 17.0 Å². The van der Waals surface area contributed by atoms with E-state index >= 15 is 0 Å². The summed E-state index contributed by atoms with van der Waals surface area (Å²) < 4.78 is 33.6. The maximum absolute atomic E-state index is 13.5. The number of nitrogens with one attached hydrogen (secondary N) is 1. The zero-order chi connectivity index (χ0) is 23.1. The Morgan fingerprint density at radius 1 is 1.19 bits per heavy atom. The lowest BCUT2D eigenvalue weighted by Crippen LogP contribution is -2.47. The zero-order valence-electron chi connectivity index (χ0n) is 18.5. The van der Waals surface area contributed by atoms with Crippen LogP contribution in [0.1, 0.15) is 24.8 Å². The van der Waals surface area contributed by atoms with Crippen molar-refractivity contribution < 1.29 is 17.9 Å². The van der Waals surface area contributed by atoms with Crippen molar-refractivity contribution in [2.24, 2.45) is 0 Å². The predicted molar refractivity (Wildman–Crippen MR) is 126 cm³/mol. The van der Waals surface area contributed by atoms with Crippen LogP contribution in [0.2, 0.25) is 5.02 Å². The van der Waals surface area contributed by atoms with Gasteiger partial charge in [0, 0.05) is 45.7 Å². The molecule has 3 rings (SSSR count). The van der Waals surface area contributed by atoms with E-state index in [2.05, 4.69) is 5.32 Å². The normalized spacial score (nSPS) is 15.6. The number of amides is 1. The van der Waals surface area contributed by atoms with Crippen molar-refractivity contribution in [2.75, 3.05) is 46.4 Å². The number of carbonyl (C=O) groups is 1. The van der Waals surface area contributed by atoms with Crippen LogP contribution in [0.15, 0.2) is 53.4 Å². The van der Waals surface area contributed by atoms with Crippen LogP contribution in [0.5, 0.6) is 5.75 Å². The summed E-state index contributed by atoms with van der Waals surface area (Å²) in [6.07, 6.45) is 0.130. The number of hydrogen-bond donors (Lipinski definition) is 1. The molecular formula is C23H30ClN3O4S. The third kappa shape index (κ3) is 6.01. The Morgan fingerprint density at radius 2 is 1.88 bits per heavy atom. The van der Waals surface area contributed by atoms with Gasteiger partial charge >= 0.3 is 0 Å². The van der Waals surface area contributed by atoms with Crippen LogP contribution in [0.4, 0.5) is 0 Å². The van der Waals surface area contributed by atoms with Crippen LogP contribution in [0.3, 0.4) is 0 Å². The molecule has 0 bridgehead atoms. The molecule has 1 saturated heterocycles. The number of nitrogens with zero attached hydrogens (tertiary/aromatic N) is 2. The summed E-state index contributed by atoms with van der Waals surface area (Å²) in [6, 6.07) is 14.2. The van der Waals surface area contributed by atoms with Crippen LogP contribution in [-0.2, 0) is 14.8 Å². The van der Waals surface area contributed by atoms with Gasteiger partial charge in [0.1, 0.15) is 5.75 Å². The summed E-state index contributed by atoms with van der Waals surface area (Å²) in [7, 11) is -2.39. The lowest BCUT2D eigenvalue weighted by atomic mass is 10.0. The molecule has 1 atom stereocenters. The molecular weight excluding hydrogens is 450 g/mol. The molecule has 32 heavy (non-hydrogen) atoms. The summed E-state index contributed by atoms with van der Waals surface area (Å²) >= 11 is 6.20. The molecule has 1 heterocycles. The van der Waals surface area contributed by atoms with E-state index in [1.54, 1.807) is 11.0 Å². The first kappa shape index (κ1) is 24.5. The molecule has 0 aliphatic carbocycles. The van der Waals surface area contributed by atoms with Crippen molar-refractivity contribution >= 4 is 27.5 Å². The van der Waals surface area contributed by atoms with Crippen LogP contribution in [0, 0.1) is 0 Å². The lowest BCUT2D eigenvalue weighted by Gasteiger charge is -2.29. The molecule has 2 aromatic carbocycles. The highest BCUT2D eigenvalue weighted by Gasteiger charge is 2.28. The van der Waals surface area contributed by atoms with Crippen molar-refractivity contribution in [1.82, 2.24) is 14.5 Å². The number of sulfonamides is 1. The molecule has 174 valence electrons. The first-order chi connectivity index (χ1) is 15.3. The Labute approximate surface area is 195 Å².